The van der Waals surface area contributed by atoms with E-state index in [1.165, 1.54) is 0 Å². The molecule has 0 aromatic rings. The lowest BCUT2D eigenvalue weighted by atomic mass is 10.1. The van der Waals surface area contributed by atoms with Crippen LogP contribution in [-0.2, 0) is 0 Å². The smallest absolute Gasteiger partial charge is 0.113 e. The van der Waals surface area contributed by atoms with E-state index in [1.54, 1.807) is 0 Å². The lowest BCUT2D eigenvalue weighted by molar-refractivity contribution is 0.290. The monoisotopic (exact) mass is 155 g/mol. The first-order chi connectivity index (χ1) is 3.66. The minimum Gasteiger partial charge on any atom is -0.328 e. The number of alkyl halides is 1. The SMILES string of the molecule is CC(C)CC(F)CN.Cl. The fraction of sp³-hybridized carbons (Fsp3) is 1.00. The van der Waals surface area contributed by atoms with Gasteiger partial charge < -0.3 is 5.73 Å². The van der Waals surface area contributed by atoms with Gasteiger partial charge in [0.25, 0.3) is 0 Å². The van der Waals surface area contributed by atoms with Crippen molar-refractivity contribution in [2.24, 2.45) is 11.7 Å². The minimum atomic E-state index is -0.796. The average Bonchev–Trinajstić information content (AvgIpc) is 1.65. The first-order valence-electron chi connectivity index (χ1n) is 3.01. The molecule has 0 saturated heterocycles. The van der Waals surface area contributed by atoms with Gasteiger partial charge in [-0.2, -0.15) is 0 Å². The summed E-state index contributed by atoms with van der Waals surface area (Å²) < 4.78 is 12.3. The van der Waals surface area contributed by atoms with Gasteiger partial charge in [-0.1, -0.05) is 13.8 Å². The fourth-order valence-corrected chi connectivity index (χ4v) is 0.608. The molecule has 58 valence electrons. The fourth-order valence-electron chi connectivity index (χ4n) is 0.608. The van der Waals surface area contributed by atoms with Gasteiger partial charge in [-0.25, -0.2) is 4.39 Å². The van der Waals surface area contributed by atoms with E-state index in [-0.39, 0.29) is 19.0 Å². The molecule has 1 nitrogen and oxygen atoms in total. The van der Waals surface area contributed by atoms with Crippen LogP contribution in [0.15, 0.2) is 0 Å². The molecule has 1 atom stereocenters. The summed E-state index contributed by atoms with van der Waals surface area (Å²) in [4.78, 5) is 0. The number of halogens is 2. The molecule has 3 heteroatoms. The van der Waals surface area contributed by atoms with Crippen LogP contribution < -0.4 is 5.73 Å². The van der Waals surface area contributed by atoms with E-state index in [1.807, 2.05) is 13.8 Å². The molecular formula is C6H15ClFN. The molecule has 1 unspecified atom stereocenters. The summed E-state index contributed by atoms with van der Waals surface area (Å²) in [6.45, 7) is 4.14. The zero-order chi connectivity index (χ0) is 6.57. The van der Waals surface area contributed by atoms with Gasteiger partial charge in [-0.05, 0) is 12.3 Å². The van der Waals surface area contributed by atoms with Crippen LogP contribution in [0.25, 0.3) is 0 Å². The second-order valence-corrected chi connectivity index (χ2v) is 2.46. The molecule has 0 fully saturated rings. The van der Waals surface area contributed by atoms with Crippen LogP contribution in [0, 0.1) is 5.92 Å². The topological polar surface area (TPSA) is 26.0 Å². The second-order valence-electron chi connectivity index (χ2n) is 2.46. The highest BCUT2D eigenvalue weighted by Gasteiger charge is 2.04. The highest BCUT2D eigenvalue weighted by atomic mass is 35.5. The van der Waals surface area contributed by atoms with Gasteiger partial charge in [0, 0.05) is 6.54 Å². The van der Waals surface area contributed by atoms with E-state index in [0.29, 0.717) is 12.3 Å². The number of rotatable bonds is 3. The number of nitrogens with two attached hydrogens (primary N) is 1. The molecule has 0 radical (unpaired) electrons. The molecule has 2 N–H and O–H groups in total. The number of hydrogen-bond donors (Lipinski definition) is 1. The Balaban J connectivity index is 0. The van der Waals surface area contributed by atoms with Crippen molar-refractivity contribution in [2.45, 2.75) is 26.4 Å². The van der Waals surface area contributed by atoms with Crippen molar-refractivity contribution in [1.82, 2.24) is 0 Å². The molecule has 9 heavy (non-hydrogen) atoms. The quantitative estimate of drug-likeness (QED) is 0.661. The molecule has 0 saturated carbocycles. The molecule has 0 rings (SSSR count). The average molecular weight is 156 g/mol. The third kappa shape index (κ3) is 8.18. The first-order valence-corrected chi connectivity index (χ1v) is 3.01. The zero-order valence-electron chi connectivity index (χ0n) is 5.93. The molecule has 0 amide bonds. The summed E-state index contributed by atoms with van der Waals surface area (Å²) in [5, 5.41) is 0. The number of hydrogen-bond acceptors (Lipinski definition) is 1. The summed E-state index contributed by atoms with van der Waals surface area (Å²) in [5.74, 6) is 0.425. The Kier molecular flexibility index (Phi) is 8.34. The first kappa shape index (κ1) is 11.9. The summed E-state index contributed by atoms with van der Waals surface area (Å²) in [5.41, 5.74) is 5.05. The molecule has 0 heterocycles. The minimum absolute atomic E-state index is 0. The normalized spacial score (nSPS) is 13.0. The molecule has 0 aromatic carbocycles. The molecule has 0 spiro atoms. The van der Waals surface area contributed by atoms with Crippen molar-refractivity contribution in [3.63, 3.8) is 0 Å². The molecule has 0 aliphatic rings. The Morgan fingerprint density at radius 3 is 2.00 bits per heavy atom. The summed E-state index contributed by atoms with van der Waals surface area (Å²) in [7, 11) is 0. The maximum atomic E-state index is 12.3. The molecule has 0 aliphatic carbocycles. The third-order valence-electron chi connectivity index (χ3n) is 0.983. The van der Waals surface area contributed by atoms with Crippen molar-refractivity contribution < 1.29 is 4.39 Å². The maximum absolute atomic E-state index is 12.3. The Bertz CT molecular complexity index is 59.0. The van der Waals surface area contributed by atoms with Gasteiger partial charge in [0.2, 0.25) is 0 Å². The lowest BCUT2D eigenvalue weighted by Gasteiger charge is -2.06. The Morgan fingerprint density at radius 2 is 1.89 bits per heavy atom. The van der Waals surface area contributed by atoms with Crippen LogP contribution >= 0.6 is 12.4 Å². The molecule has 0 aromatic heterocycles. The second kappa shape index (κ2) is 6.30. The highest BCUT2D eigenvalue weighted by molar-refractivity contribution is 5.85. The lowest BCUT2D eigenvalue weighted by Crippen LogP contribution is -2.16. The van der Waals surface area contributed by atoms with Crippen molar-refractivity contribution in [2.75, 3.05) is 6.54 Å². The van der Waals surface area contributed by atoms with E-state index in [4.69, 9.17) is 5.73 Å². The van der Waals surface area contributed by atoms with Crippen LogP contribution in [0.3, 0.4) is 0 Å². The van der Waals surface area contributed by atoms with E-state index >= 15 is 0 Å². The predicted octanol–water partition coefficient (Wildman–Crippen LogP) is 1.75. The van der Waals surface area contributed by atoms with Crippen molar-refractivity contribution in [3.05, 3.63) is 0 Å². The van der Waals surface area contributed by atoms with Crippen molar-refractivity contribution in [3.8, 4) is 0 Å². The standard InChI is InChI=1S/C6H14FN.ClH/c1-5(2)3-6(7)4-8;/h5-6H,3-4,8H2,1-2H3;1H. The largest absolute Gasteiger partial charge is 0.328 e. The summed E-state index contributed by atoms with van der Waals surface area (Å²) >= 11 is 0. The van der Waals surface area contributed by atoms with Gasteiger partial charge in [0.15, 0.2) is 0 Å². The highest BCUT2D eigenvalue weighted by Crippen LogP contribution is 2.05. The predicted molar refractivity (Wildman–Crippen MR) is 40.7 cm³/mol. The van der Waals surface area contributed by atoms with Crippen LogP contribution in [0.1, 0.15) is 20.3 Å². The van der Waals surface area contributed by atoms with Crippen molar-refractivity contribution >= 4 is 12.4 Å². The summed E-state index contributed by atoms with van der Waals surface area (Å²) in [6.07, 6.45) is -0.203. The molecule has 0 aliphatic heterocycles. The van der Waals surface area contributed by atoms with E-state index in [9.17, 15) is 4.39 Å². The third-order valence-corrected chi connectivity index (χ3v) is 0.983. The van der Waals surface area contributed by atoms with Gasteiger partial charge >= 0.3 is 0 Å². The van der Waals surface area contributed by atoms with Crippen LogP contribution in [0.4, 0.5) is 4.39 Å². The van der Waals surface area contributed by atoms with E-state index < -0.39 is 6.17 Å². The summed E-state index contributed by atoms with van der Waals surface area (Å²) in [6, 6.07) is 0. The molecular weight excluding hydrogens is 141 g/mol. The van der Waals surface area contributed by atoms with Crippen molar-refractivity contribution in [1.29, 1.82) is 0 Å². The van der Waals surface area contributed by atoms with Gasteiger partial charge in [-0.3, -0.25) is 0 Å². The Hall–Kier alpha value is 0.180. The Labute approximate surface area is 62.2 Å². The van der Waals surface area contributed by atoms with Crippen LogP contribution in [0.2, 0.25) is 0 Å². The van der Waals surface area contributed by atoms with Gasteiger partial charge in [0.1, 0.15) is 6.17 Å². The zero-order valence-corrected chi connectivity index (χ0v) is 6.75. The molecule has 0 bridgehead atoms. The maximum Gasteiger partial charge on any atom is 0.113 e. The van der Waals surface area contributed by atoms with Crippen LogP contribution in [-0.4, -0.2) is 12.7 Å². The van der Waals surface area contributed by atoms with Gasteiger partial charge in [-0.15, -0.1) is 12.4 Å². The van der Waals surface area contributed by atoms with Gasteiger partial charge in [0.05, 0.1) is 0 Å². The van der Waals surface area contributed by atoms with E-state index in [2.05, 4.69) is 0 Å². The van der Waals surface area contributed by atoms with E-state index in [0.717, 1.165) is 0 Å². The van der Waals surface area contributed by atoms with Crippen LogP contribution in [0.5, 0.6) is 0 Å². The Morgan fingerprint density at radius 1 is 1.44 bits per heavy atom.